The van der Waals surface area contributed by atoms with Crippen molar-refractivity contribution in [1.82, 2.24) is 9.62 Å². The zero-order chi connectivity index (χ0) is 20.3. The van der Waals surface area contributed by atoms with Crippen molar-refractivity contribution in [1.29, 1.82) is 0 Å². The fourth-order valence-electron chi connectivity index (χ4n) is 3.13. The smallest absolute Gasteiger partial charge is 0.252 e. The van der Waals surface area contributed by atoms with Gasteiger partial charge < -0.3 is 10.1 Å². The number of hydrogen-bond donors (Lipinski definition) is 1. The van der Waals surface area contributed by atoms with Crippen LogP contribution in [0.15, 0.2) is 34.5 Å². The quantitative estimate of drug-likeness (QED) is 0.713. The van der Waals surface area contributed by atoms with Gasteiger partial charge in [-0.1, -0.05) is 25.4 Å². The van der Waals surface area contributed by atoms with E-state index in [0.717, 1.165) is 16.2 Å². The number of thiophene rings is 1. The Bertz CT molecular complexity index is 955. The second-order valence-corrected chi connectivity index (χ2v) is 10.3. The van der Waals surface area contributed by atoms with E-state index in [1.54, 1.807) is 18.2 Å². The molecule has 1 aliphatic heterocycles. The zero-order valence-corrected chi connectivity index (χ0v) is 18.2. The average molecular weight is 443 g/mol. The molecule has 0 bridgehead atoms. The fourth-order valence-corrected chi connectivity index (χ4v) is 6.24. The van der Waals surface area contributed by atoms with Crippen molar-refractivity contribution in [2.75, 3.05) is 19.7 Å². The van der Waals surface area contributed by atoms with Gasteiger partial charge in [-0.3, -0.25) is 4.79 Å². The highest BCUT2D eigenvalue weighted by Crippen LogP contribution is 2.30. The van der Waals surface area contributed by atoms with Crippen LogP contribution in [-0.2, 0) is 27.8 Å². The van der Waals surface area contributed by atoms with Gasteiger partial charge in [-0.15, -0.1) is 11.3 Å². The van der Waals surface area contributed by atoms with E-state index in [1.165, 1.54) is 15.6 Å². The molecule has 0 saturated carbocycles. The van der Waals surface area contributed by atoms with Gasteiger partial charge in [0.15, 0.2) is 0 Å². The Morgan fingerprint density at radius 2 is 2.04 bits per heavy atom. The summed E-state index contributed by atoms with van der Waals surface area (Å²) < 4.78 is 32.5. The highest BCUT2D eigenvalue weighted by molar-refractivity contribution is 7.91. The summed E-state index contributed by atoms with van der Waals surface area (Å²) in [7, 11) is -3.47. The van der Waals surface area contributed by atoms with Crippen LogP contribution in [0.2, 0.25) is 5.02 Å². The Labute approximate surface area is 174 Å². The van der Waals surface area contributed by atoms with E-state index >= 15 is 0 Å². The number of benzene rings is 1. The average Bonchev–Trinajstić information content (AvgIpc) is 3.16. The number of fused-ring (bicyclic) bond motifs is 1. The van der Waals surface area contributed by atoms with Crippen LogP contribution in [0, 0.1) is 5.92 Å². The Kier molecular flexibility index (Phi) is 6.65. The third-order valence-electron chi connectivity index (χ3n) is 4.67. The highest BCUT2D eigenvalue weighted by Gasteiger charge is 2.27. The molecule has 9 heteroatoms. The molecule has 1 N–H and O–H groups in total. The van der Waals surface area contributed by atoms with E-state index in [-0.39, 0.29) is 18.4 Å². The number of nitrogens with one attached hydrogen (secondary N) is 1. The van der Waals surface area contributed by atoms with Gasteiger partial charge >= 0.3 is 0 Å². The van der Waals surface area contributed by atoms with Crippen molar-refractivity contribution in [2.24, 2.45) is 5.92 Å². The molecule has 2 heterocycles. The monoisotopic (exact) mass is 442 g/mol. The first-order chi connectivity index (χ1) is 13.3. The summed E-state index contributed by atoms with van der Waals surface area (Å²) in [6, 6.07) is 8.74. The van der Waals surface area contributed by atoms with Crippen LogP contribution < -0.4 is 10.1 Å². The molecule has 1 atom stereocenters. The molecule has 0 fully saturated rings. The summed E-state index contributed by atoms with van der Waals surface area (Å²) >= 11 is 7.21. The Balaban J connectivity index is 1.61. The van der Waals surface area contributed by atoms with E-state index in [1.807, 2.05) is 26.0 Å². The third-order valence-corrected chi connectivity index (χ3v) is 8.51. The maximum atomic E-state index is 12.6. The van der Waals surface area contributed by atoms with Crippen LogP contribution >= 0.6 is 22.9 Å². The minimum absolute atomic E-state index is 0.118. The van der Waals surface area contributed by atoms with Crippen molar-refractivity contribution in [3.05, 3.63) is 45.8 Å². The number of amides is 1. The molecule has 0 saturated heterocycles. The fraction of sp³-hybridized carbons (Fsp3) is 0.421. The van der Waals surface area contributed by atoms with Gasteiger partial charge in [0.1, 0.15) is 16.6 Å². The summed E-state index contributed by atoms with van der Waals surface area (Å²) in [4.78, 5) is 13.3. The topological polar surface area (TPSA) is 75.7 Å². The van der Waals surface area contributed by atoms with Gasteiger partial charge in [0.05, 0.1) is 12.5 Å². The lowest BCUT2D eigenvalue weighted by Gasteiger charge is -2.24. The highest BCUT2D eigenvalue weighted by atomic mass is 35.5. The summed E-state index contributed by atoms with van der Waals surface area (Å²) in [6.45, 7) is 5.08. The second-order valence-electron chi connectivity index (χ2n) is 6.49. The number of halogens is 1. The van der Waals surface area contributed by atoms with Gasteiger partial charge in [-0.05, 0) is 42.3 Å². The van der Waals surface area contributed by atoms with E-state index in [2.05, 4.69) is 5.32 Å². The van der Waals surface area contributed by atoms with E-state index in [9.17, 15) is 13.2 Å². The van der Waals surface area contributed by atoms with Crippen LogP contribution in [0.4, 0.5) is 0 Å². The number of nitrogens with zero attached hydrogens (tertiary/aromatic N) is 1. The van der Waals surface area contributed by atoms with Gasteiger partial charge in [0.2, 0.25) is 5.91 Å². The molecule has 1 aromatic carbocycles. The number of hydrogen-bond acceptors (Lipinski definition) is 5. The summed E-state index contributed by atoms with van der Waals surface area (Å²) in [5.74, 6) is 0.343. The van der Waals surface area contributed by atoms with Gasteiger partial charge in [-0.2, -0.15) is 4.31 Å². The Hall–Kier alpha value is -1.61. The number of carbonyl (C=O) groups is 1. The van der Waals surface area contributed by atoms with Crippen molar-refractivity contribution in [2.45, 2.75) is 31.0 Å². The first-order valence-electron chi connectivity index (χ1n) is 9.13. The molecule has 0 unspecified atom stereocenters. The summed E-state index contributed by atoms with van der Waals surface area (Å²) in [5.41, 5.74) is 0.919. The molecular weight excluding hydrogens is 420 g/mol. The van der Waals surface area contributed by atoms with Gasteiger partial charge in [0, 0.05) is 23.0 Å². The zero-order valence-electron chi connectivity index (χ0n) is 15.8. The van der Waals surface area contributed by atoms with Gasteiger partial charge in [0.25, 0.3) is 10.0 Å². The number of ether oxygens (including phenoxy) is 1. The molecule has 0 aliphatic carbocycles. The molecule has 0 radical (unpaired) electrons. The molecule has 1 aliphatic rings. The minimum atomic E-state index is -3.47. The van der Waals surface area contributed by atoms with Crippen LogP contribution in [0.3, 0.4) is 0 Å². The lowest BCUT2D eigenvalue weighted by Crippen LogP contribution is -2.36. The van der Waals surface area contributed by atoms with Crippen LogP contribution in [-0.4, -0.2) is 38.3 Å². The lowest BCUT2D eigenvalue weighted by atomic mass is 9.96. The summed E-state index contributed by atoms with van der Waals surface area (Å²) in [6.07, 6.45) is 0.563. The molecule has 152 valence electrons. The van der Waals surface area contributed by atoms with E-state index in [4.69, 9.17) is 16.3 Å². The van der Waals surface area contributed by atoms with Crippen LogP contribution in [0.5, 0.6) is 5.75 Å². The summed E-state index contributed by atoms with van der Waals surface area (Å²) in [5, 5.41) is 3.50. The first kappa shape index (κ1) is 21.1. The Morgan fingerprint density at radius 3 is 2.75 bits per heavy atom. The first-order valence-corrected chi connectivity index (χ1v) is 11.8. The SMILES string of the molecule is CCN(CC)S(=O)(=O)c1ccc(CNC(=O)[C@@H]2COc3ccc(Cl)cc3C2)s1. The lowest BCUT2D eigenvalue weighted by molar-refractivity contribution is -0.126. The maximum absolute atomic E-state index is 12.6. The molecular formula is C19H23ClN2O4S2. The molecule has 1 amide bonds. The van der Waals surface area contributed by atoms with E-state index in [0.29, 0.717) is 35.3 Å². The maximum Gasteiger partial charge on any atom is 0.252 e. The van der Waals surface area contributed by atoms with E-state index < -0.39 is 10.0 Å². The van der Waals surface area contributed by atoms with Gasteiger partial charge in [-0.25, -0.2) is 8.42 Å². The molecule has 6 nitrogen and oxygen atoms in total. The van der Waals surface area contributed by atoms with Crippen LogP contribution in [0.25, 0.3) is 0 Å². The molecule has 2 aromatic rings. The minimum Gasteiger partial charge on any atom is -0.492 e. The molecule has 1 aromatic heterocycles. The largest absolute Gasteiger partial charge is 0.492 e. The van der Waals surface area contributed by atoms with Crippen molar-refractivity contribution < 1.29 is 17.9 Å². The normalized spacial score (nSPS) is 16.5. The third kappa shape index (κ3) is 4.51. The molecule has 3 rings (SSSR count). The number of sulfonamides is 1. The second kappa shape index (κ2) is 8.82. The predicted molar refractivity (Wildman–Crippen MR) is 110 cm³/mol. The van der Waals surface area contributed by atoms with Crippen molar-refractivity contribution in [3.8, 4) is 5.75 Å². The van der Waals surface area contributed by atoms with Crippen molar-refractivity contribution >= 4 is 38.9 Å². The Morgan fingerprint density at radius 1 is 1.29 bits per heavy atom. The predicted octanol–water partition coefficient (Wildman–Crippen LogP) is 3.30. The van der Waals surface area contributed by atoms with Crippen molar-refractivity contribution in [3.63, 3.8) is 0 Å². The molecule has 0 spiro atoms. The standard InChI is InChI=1S/C19H23ClN2O4S2/c1-3-22(4-2)28(24,25)18-8-6-16(27-18)11-21-19(23)14-9-13-10-15(20)5-7-17(13)26-12-14/h5-8,10,14H,3-4,9,11-12H2,1-2H3,(H,21,23)/t14-/m0/s1. The van der Waals surface area contributed by atoms with Crippen LogP contribution in [0.1, 0.15) is 24.3 Å². The number of rotatable bonds is 7. The molecule has 28 heavy (non-hydrogen) atoms. The number of carbonyl (C=O) groups excluding carboxylic acids is 1.